The maximum absolute atomic E-state index is 11.5. The van der Waals surface area contributed by atoms with Gasteiger partial charge in [0.15, 0.2) is 7.95 Å². The molecule has 3 N–H and O–H groups in total. The van der Waals surface area contributed by atoms with E-state index in [1.54, 1.807) is 6.92 Å². The van der Waals surface area contributed by atoms with Gasteiger partial charge in [0.05, 0.1) is 12.7 Å². The number of rotatable bonds is 10. The van der Waals surface area contributed by atoms with E-state index in [4.69, 9.17) is 9.84 Å². The molecule has 0 radical (unpaired) electrons. The lowest BCUT2D eigenvalue weighted by atomic mass is 10.3. The molecular formula is C10H24NO4P. The van der Waals surface area contributed by atoms with E-state index in [0.717, 1.165) is 19.3 Å². The molecule has 0 amide bonds. The fourth-order valence-electron chi connectivity index (χ4n) is 1.21. The first-order valence-corrected chi connectivity index (χ1v) is 7.30. The highest BCUT2D eigenvalue weighted by Gasteiger charge is 2.20. The van der Waals surface area contributed by atoms with Crippen molar-refractivity contribution in [3.05, 3.63) is 0 Å². The van der Waals surface area contributed by atoms with Crippen molar-refractivity contribution in [3.8, 4) is 0 Å². The van der Waals surface area contributed by atoms with Gasteiger partial charge in [-0.15, -0.1) is 0 Å². The summed E-state index contributed by atoms with van der Waals surface area (Å²) in [4.78, 5) is 0. The highest BCUT2D eigenvalue weighted by atomic mass is 31.1. The van der Waals surface area contributed by atoms with Crippen LogP contribution in [0, 0.1) is 0 Å². The van der Waals surface area contributed by atoms with Crippen LogP contribution in [0.15, 0.2) is 0 Å². The molecule has 0 aliphatic heterocycles. The zero-order valence-corrected chi connectivity index (χ0v) is 11.1. The van der Waals surface area contributed by atoms with E-state index in [9.17, 15) is 9.67 Å². The summed E-state index contributed by atoms with van der Waals surface area (Å²) in [7, 11) is -2.30. The van der Waals surface area contributed by atoms with Crippen molar-refractivity contribution in [1.29, 1.82) is 0 Å². The smallest absolute Gasteiger partial charge is 0.166 e. The molecule has 0 heterocycles. The molecule has 5 nitrogen and oxygen atoms in total. The minimum atomic E-state index is -2.30. The van der Waals surface area contributed by atoms with Crippen LogP contribution in [-0.2, 0) is 9.30 Å². The molecule has 0 aromatic carbocycles. The fraction of sp³-hybridized carbons (Fsp3) is 1.00. The summed E-state index contributed by atoms with van der Waals surface area (Å²) >= 11 is 0. The van der Waals surface area contributed by atoms with E-state index < -0.39 is 19.9 Å². The highest BCUT2D eigenvalue weighted by Crippen LogP contribution is 2.24. The van der Waals surface area contributed by atoms with Gasteiger partial charge in [0.2, 0.25) is 0 Å². The zero-order valence-electron chi connectivity index (χ0n) is 10.1. The normalized spacial score (nSPS) is 17.0. The van der Waals surface area contributed by atoms with Gasteiger partial charge in [-0.1, -0.05) is 19.8 Å². The van der Waals surface area contributed by atoms with Gasteiger partial charge in [0.1, 0.15) is 5.85 Å². The molecule has 0 aliphatic rings. The Hall–Kier alpha value is 0.0700. The Balaban J connectivity index is 3.70. The molecule has 0 aromatic heterocycles. The molecule has 0 saturated heterocycles. The van der Waals surface area contributed by atoms with Crippen molar-refractivity contribution in [2.75, 3.05) is 19.8 Å². The Kier molecular flexibility index (Phi) is 10.3. The summed E-state index contributed by atoms with van der Waals surface area (Å²) in [5, 5.41) is 20.8. The van der Waals surface area contributed by atoms with Crippen molar-refractivity contribution in [3.63, 3.8) is 0 Å². The molecule has 0 aromatic rings. The Morgan fingerprint density at radius 3 is 2.69 bits per heavy atom. The Morgan fingerprint density at radius 1 is 1.44 bits per heavy atom. The molecule has 0 spiro atoms. The van der Waals surface area contributed by atoms with Crippen molar-refractivity contribution in [2.45, 2.75) is 45.1 Å². The Bertz CT molecular complexity index is 192. The molecule has 0 aliphatic carbocycles. The van der Waals surface area contributed by atoms with Crippen LogP contribution < -0.4 is 5.09 Å². The van der Waals surface area contributed by atoms with Gasteiger partial charge in [-0.2, -0.15) is 0 Å². The van der Waals surface area contributed by atoms with Gasteiger partial charge >= 0.3 is 0 Å². The maximum Gasteiger partial charge on any atom is 0.166 e. The average Bonchev–Trinajstić information content (AvgIpc) is 2.30. The summed E-state index contributed by atoms with van der Waals surface area (Å²) in [6.07, 6.45) is 2.74. The van der Waals surface area contributed by atoms with Crippen molar-refractivity contribution < 1.29 is 19.5 Å². The van der Waals surface area contributed by atoms with E-state index in [1.165, 1.54) is 0 Å². The van der Waals surface area contributed by atoms with Crippen molar-refractivity contribution in [2.24, 2.45) is 0 Å². The largest absolute Gasteiger partial charge is 0.395 e. The molecule has 3 unspecified atom stereocenters. The number of aliphatic hydroxyl groups excluding tert-OH is 2. The fourth-order valence-corrected chi connectivity index (χ4v) is 2.30. The molecule has 0 fully saturated rings. The van der Waals surface area contributed by atoms with Gasteiger partial charge in [0, 0.05) is 13.2 Å². The van der Waals surface area contributed by atoms with Gasteiger partial charge < -0.3 is 19.5 Å². The second kappa shape index (κ2) is 10.2. The third kappa shape index (κ3) is 7.36. The topological polar surface area (TPSA) is 78.8 Å². The third-order valence-electron chi connectivity index (χ3n) is 2.25. The van der Waals surface area contributed by atoms with Crippen molar-refractivity contribution in [1.82, 2.24) is 5.09 Å². The van der Waals surface area contributed by atoms with Crippen LogP contribution in [0.2, 0.25) is 0 Å². The summed E-state index contributed by atoms with van der Waals surface area (Å²) in [5.41, 5.74) is 0. The number of aliphatic hydroxyl groups is 2. The quantitative estimate of drug-likeness (QED) is 0.399. The summed E-state index contributed by atoms with van der Waals surface area (Å²) in [6, 6.07) is 0. The second-order valence-electron chi connectivity index (χ2n) is 3.74. The van der Waals surface area contributed by atoms with Gasteiger partial charge in [-0.3, -0.25) is 5.09 Å². The van der Waals surface area contributed by atoms with E-state index in [1.807, 2.05) is 0 Å². The molecule has 0 bridgehead atoms. The number of unbranched alkanes of at least 4 members (excludes halogenated alkanes) is 2. The lowest BCUT2D eigenvalue weighted by molar-refractivity contribution is 0.00531. The highest BCUT2D eigenvalue weighted by molar-refractivity contribution is 7.43. The van der Waals surface area contributed by atoms with Crippen LogP contribution in [0.25, 0.3) is 0 Å². The van der Waals surface area contributed by atoms with Gasteiger partial charge in [-0.05, 0) is 13.3 Å². The molecule has 16 heavy (non-hydrogen) atoms. The van der Waals surface area contributed by atoms with E-state index in [-0.39, 0.29) is 13.2 Å². The predicted molar refractivity (Wildman–Crippen MR) is 65.0 cm³/mol. The number of nitrogens with one attached hydrogen (secondary N) is 1. The minimum absolute atomic E-state index is 0.0884. The number of ether oxygens (including phenoxy) is 1. The zero-order chi connectivity index (χ0) is 12.4. The van der Waals surface area contributed by atoms with Crippen molar-refractivity contribution >= 4 is 7.95 Å². The monoisotopic (exact) mass is 253 g/mol. The molecule has 3 atom stereocenters. The number of hydrogen-bond acceptors (Lipinski definition) is 4. The van der Waals surface area contributed by atoms with Gasteiger partial charge in [0.25, 0.3) is 0 Å². The SMILES string of the molecule is CCCCCOC(C)C(O)[PH](=O)NCCO. The lowest BCUT2D eigenvalue weighted by Crippen LogP contribution is -2.27. The van der Waals surface area contributed by atoms with Crippen LogP contribution in [0.1, 0.15) is 33.1 Å². The first-order chi connectivity index (χ1) is 7.63. The molecular weight excluding hydrogens is 229 g/mol. The standard InChI is InChI=1S/C10H24NO4P/c1-3-4-5-8-15-9(2)10(13)16(14)11-6-7-12/h9-10,12-13,16H,3-8H2,1-2H3,(H,11,14). The van der Waals surface area contributed by atoms with Crippen LogP contribution in [0.5, 0.6) is 0 Å². The first-order valence-electron chi connectivity index (χ1n) is 5.81. The predicted octanol–water partition coefficient (Wildman–Crippen LogP) is 0.957. The van der Waals surface area contributed by atoms with Crippen LogP contribution >= 0.6 is 7.95 Å². The maximum atomic E-state index is 11.5. The summed E-state index contributed by atoms with van der Waals surface area (Å²) < 4.78 is 16.8. The van der Waals surface area contributed by atoms with E-state index in [2.05, 4.69) is 12.0 Å². The van der Waals surface area contributed by atoms with Crippen LogP contribution in [0.3, 0.4) is 0 Å². The minimum Gasteiger partial charge on any atom is -0.395 e. The van der Waals surface area contributed by atoms with E-state index in [0.29, 0.717) is 6.61 Å². The summed E-state index contributed by atoms with van der Waals surface area (Å²) in [5.74, 6) is -0.988. The molecule has 0 saturated carbocycles. The van der Waals surface area contributed by atoms with Crippen LogP contribution in [0.4, 0.5) is 0 Å². The van der Waals surface area contributed by atoms with Crippen LogP contribution in [-0.4, -0.2) is 41.9 Å². The Labute approximate surface area is 98.0 Å². The molecule has 0 rings (SSSR count). The lowest BCUT2D eigenvalue weighted by Gasteiger charge is -2.19. The number of hydrogen-bond donors (Lipinski definition) is 3. The second-order valence-corrected chi connectivity index (χ2v) is 5.42. The average molecular weight is 253 g/mol. The molecule has 98 valence electrons. The molecule has 6 heteroatoms. The van der Waals surface area contributed by atoms with E-state index >= 15 is 0 Å². The third-order valence-corrected chi connectivity index (χ3v) is 3.86. The summed E-state index contributed by atoms with van der Waals surface area (Å²) in [6.45, 7) is 4.54. The first kappa shape index (κ1) is 16.1. The Morgan fingerprint density at radius 2 is 2.12 bits per heavy atom. The van der Waals surface area contributed by atoms with Gasteiger partial charge in [-0.25, -0.2) is 0 Å².